The number of anilines is 1. The molecule has 3 N–H and O–H groups in total. The lowest BCUT2D eigenvalue weighted by molar-refractivity contribution is 0.102. The van der Waals surface area contributed by atoms with Gasteiger partial charge in [-0.1, -0.05) is 17.7 Å². The van der Waals surface area contributed by atoms with Gasteiger partial charge in [-0.15, -0.1) is 0 Å². The summed E-state index contributed by atoms with van der Waals surface area (Å²) in [6.07, 6.45) is 4.03. The molecule has 0 bridgehead atoms. The van der Waals surface area contributed by atoms with Gasteiger partial charge in [0.2, 0.25) is 5.95 Å². The number of rotatable bonds is 3. The summed E-state index contributed by atoms with van der Waals surface area (Å²) in [5.41, 5.74) is 1.78. The third-order valence-corrected chi connectivity index (χ3v) is 4.49. The Morgan fingerprint density at radius 2 is 2.29 bits per heavy atom. The lowest BCUT2D eigenvalue weighted by atomic mass is 10.1. The topological polar surface area (TPSA) is 87.6 Å². The number of fused-ring (bicyclic) bond motifs is 1. The highest BCUT2D eigenvalue weighted by Crippen LogP contribution is 2.22. The van der Waals surface area contributed by atoms with E-state index in [-0.39, 0.29) is 5.91 Å². The molecule has 1 saturated heterocycles. The minimum absolute atomic E-state index is 0.297. The number of hydrogen-bond acceptors (Lipinski definition) is 4. The molecule has 0 radical (unpaired) electrons. The van der Waals surface area contributed by atoms with Crippen molar-refractivity contribution in [3.05, 3.63) is 41.2 Å². The maximum atomic E-state index is 12.4. The summed E-state index contributed by atoms with van der Waals surface area (Å²) in [6.45, 7) is 1.92. The van der Waals surface area contributed by atoms with Gasteiger partial charge in [-0.05, 0) is 37.6 Å². The zero-order chi connectivity index (χ0) is 16.5. The van der Waals surface area contributed by atoms with Gasteiger partial charge in [-0.25, -0.2) is 4.98 Å². The molecule has 0 spiro atoms. The van der Waals surface area contributed by atoms with Gasteiger partial charge in [0, 0.05) is 12.7 Å². The minimum atomic E-state index is -0.298. The number of para-hydroxylation sites is 1. The number of benzene rings is 1. The Labute approximate surface area is 143 Å². The highest BCUT2D eigenvalue weighted by molar-refractivity contribution is 6.35. The van der Waals surface area contributed by atoms with Crippen LogP contribution in [0, 0.1) is 0 Å². The number of piperidine rings is 1. The van der Waals surface area contributed by atoms with Crippen LogP contribution in [0.15, 0.2) is 30.5 Å². The van der Waals surface area contributed by atoms with E-state index in [1.807, 2.05) is 23.0 Å². The van der Waals surface area contributed by atoms with Gasteiger partial charge in [0.15, 0.2) is 5.69 Å². The number of imidazole rings is 1. The number of nitrogens with zero attached hydrogens (tertiary/aromatic N) is 3. The summed E-state index contributed by atoms with van der Waals surface area (Å²) in [5, 5.41) is 11.0. The van der Waals surface area contributed by atoms with E-state index >= 15 is 0 Å². The van der Waals surface area contributed by atoms with Crippen LogP contribution in [0.3, 0.4) is 0 Å². The zero-order valence-electron chi connectivity index (χ0n) is 12.9. The molecule has 1 atom stereocenters. The number of nitrogens with one attached hydrogen (secondary N) is 3. The smallest absolute Gasteiger partial charge is 0.278 e. The van der Waals surface area contributed by atoms with Gasteiger partial charge in [-0.2, -0.15) is 5.10 Å². The Balaban J connectivity index is 1.51. The summed E-state index contributed by atoms with van der Waals surface area (Å²) >= 11 is 6.10. The van der Waals surface area contributed by atoms with Crippen molar-refractivity contribution < 1.29 is 4.79 Å². The van der Waals surface area contributed by atoms with Crippen LogP contribution < -0.4 is 10.6 Å². The third-order valence-electron chi connectivity index (χ3n) is 4.18. The third kappa shape index (κ3) is 2.88. The molecule has 1 aromatic carbocycles. The van der Waals surface area contributed by atoms with E-state index in [9.17, 15) is 4.79 Å². The Morgan fingerprint density at radius 1 is 1.38 bits per heavy atom. The largest absolute Gasteiger partial charge is 0.324 e. The molecule has 1 unspecified atom stereocenters. The molecule has 1 fully saturated rings. The molecule has 1 aliphatic rings. The van der Waals surface area contributed by atoms with Gasteiger partial charge in [0.1, 0.15) is 5.52 Å². The molecule has 0 saturated carbocycles. The summed E-state index contributed by atoms with van der Waals surface area (Å²) in [6, 6.07) is 7.46. The van der Waals surface area contributed by atoms with E-state index in [1.54, 1.807) is 12.1 Å². The fourth-order valence-electron chi connectivity index (χ4n) is 2.95. The van der Waals surface area contributed by atoms with Crippen molar-refractivity contribution in [2.45, 2.75) is 18.9 Å². The van der Waals surface area contributed by atoms with E-state index in [0.29, 0.717) is 28.2 Å². The average molecular weight is 345 g/mol. The van der Waals surface area contributed by atoms with Crippen LogP contribution in [-0.2, 0) is 0 Å². The Morgan fingerprint density at radius 3 is 3.08 bits per heavy atom. The predicted octanol–water partition coefficient (Wildman–Crippen LogP) is 2.59. The van der Waals surface area contributed by atoms with Crippen LogP contribution in [0.1, 0.15) is 29.4 Å². The van der Waals surface area contributed by atoms with Crippen LogP contribution in [0.2, 0.25) is 5.02 Å². The normalized spacial score (nSPS) is 18.0. The molecule has 24 heavy (non-hydrogen) atoms. The fourth-order valence-corrected chi connectivity index (χ4v) is 3.17. The van der Waals surface area contributed by atoms with Gasteiger partial charge >= 0.3 is 0 Å². The van der Waals surface area contributed by atoms with E-state index < -0.39 is 0 Å². The summed E-state index contributed by atoms with van der Waals surface area (Å²) in [4.78, 5) is 19.7. The van der Waals surface area contributed by atoms with E-state index in [4.69, 9.17) is 11.6 Å². The monoisotopic (exact) mass is 344 g/mol. The fraction of sp³-hybridized carbons (Fsp3) is 0.312. The highest BCUT2D eigenvalue weighted by Gasteiger charge is 2.18. The number of amides is 1. The second-order valence-electron chi connectivity index (χ2n) is 5.86. The Kier molecular flexibility index (Phi) is 3.95. The van der Waals surface area contributed by atoms with Crippen molar-refractivity contribution in [3.63, 3.8) is 0 Å². The van der Waals surface area contributed by atoms with Gasteiger partial charge in [-0.3, -0.25) is 14.8 Å². The van der Waals surface area contributed by atoms with Gasteiger partial charge < -0.3 is 10.3 Å². The van der Waals surface area contributed by atoms with Crippen LogP contribution in [0.25, 0.3) is 11.0 Å². The quantitative estimate of drug-likeness (QED) is 0.681. The van der Waals surface area contributed by atoms with E-state index in [0.717, 1.165) is 31.4 Å². The van der Waals surface area contributed by atoms with E-state index in [2.05, 4.69) is 25.7 Å². The minimum Gasteiger partial charge on any atom is -0.324 e. The lowest BCUT2D eigenvalue weighted by Crippen LogP contribution is -2.32. The molecule has 2 aromatic heterocycles. The number of aromatic nitrogens is 4. The second-order valence-corrected chi connectivity index (χ2v) is 6.26. The second kappa shape index (κ2) is 6.26. The van der Waals surface area contributed by atoms with Gasteiger partial charge in [0.05, 0.1) is 16.6 Å². The first-order valence-electron chi connectivity index (χ1n) is 7.92. The summed E-state index contributed by atoms with van der Waals surface area (Å²) in [5.74, 6) is 0.0599. The molecule has 3 heterocycles. The van der Waals surface area contributed by atoms with Crippen molar-refractivity contribution in [2.24, 2.45) is 0 Å². The lowest BCUT2D eigenvalue weighted by Gasteiger charge is -2.22. The highest BCUT2D eigenvalue weighted by atomic mass is 35.5. The molecule has 4 rings (SSSR count). The molecule has 1 aliphatic heterocycles. The first-order chi connectivity index (χ1) is 11.7. The molecule has 124 valence electrons. The molecular weight excluding hydrogens is 328 g/mol. The van der Waals surface area contributed by atoms with Crippen LogP contribution in [-0.4, -0.2) is 38.7 Å². The molecule has 3 aromatic rings. The first kappa shape index (κ1) is 15.2. The number of carbonyl (C=O) groups is 1. The number of H-pyrrole nitrogens is 1. The number of hydrogen-bond donors (Lipinski definition) is 3. The average Bonchev–Trinajstić information content (AvgIpc) is 3.23. The predicted molar refractivity (Wildman–Crippen MR) is 92.4 cm³/mol. The molecule has 7 nitrogen and oxygen atoms in total. The van der Waals surface area contributed by atoms with Crippen molar-refractivity contribution in [2.75, 3.05) is 18.4 Å². The number of carbonyl (C=O) groups excluding carboxylic acids is 1. The number of halogens is 1. The molecule has 8 heteroatoms. The van der Waals surface area contributed by atoms with Crippen LogP contribution in [0.4, 0.5) is 5.95 Å². The summed E-state index contributed by atoms with van der Waals surface area (Å²) < 4.78 is 1.86. The maximum absolute atomic E-state index is 12.4. The molecule has 1 amide bonds. The van der Waals surface area contributed by atoms with Crippen LogP contribution in [0.5, 0.6) is 0 Å². The first-order valence-corrected chi connectivity index (χ1v) is 8.30. The summed E-state index contributed by atoms with van der Waals surface area (Å²) in [7, 11) is 0. The Hall–Kier alpha value is -2.38. The molecule has 0 aliphatic carbocycles. The van der Waals surface area contributed by atoms with E-state index in [1.165, 1.54) is 0 Å². The van der Waals surface area contributed by atoms with Crippen molar-refractivity contribution in [1.29, 1.82) is 0 Å². The van der Waals surface area contributed by atoms with Crippen LogP contribution >= 0.6 is 11.6 Å². The zero-order valence-corrected chi connectivity index (χ0v) is 13.7. The standard InChI is InChI=1S/C16H17ClN6O/c17-11-4-1-5-12-14(11)20-16(19-12)21-15(24)13-6-8-23(22-13)10-3-2-7-18-9-10/h1,4-6,8,10,18H,2-3,7,9H2,(H2,19,20,21,24). The molecular formula is C16H17ClN6O. The Bertz CT molecular complexity index is 880. The van der Waals surface area contributed by atoms with Crippen molar-refractivity contribution in [1.82, 2.24) is 25.1 Å². The number of aromatic amines is 1. The van der Waals surface area contributed by atoms with Crippen molar-refractivity contribution in [3.8, 4) is 0 Å². The van der Waals surface area contributed by atoms with Crippen molar-refractivity contribution >= 4 is 34.5 Å². The SMILES string of the molecule is O=C(Nc1nc2c(Cl)cccc2[nH]1)c1ccn(C2CCCNC2)n1. The van der Waals surface area contributed by atoms with Gasteiger partial charge in [0.25, 0.3) is 5.91 Å². The maximum Gasteiger partial charge on any atom is 0.278 e.